The summed E-state index contributed by atoms with van der Waals surface area (Å²) >= 11 is 12.0. The van der Waals surface area contributed by atoms with Crippen molar-refractivity contribution >= 4 is 41.0 Å². The van der Waals surface area contributed by atoms with Crippen molar-refractivity contribution in [2.24, 2.45) is 0 Å². The van der Waals surface area contributed by atoms with Crippen LogP contribution >= 0.6 is 23.2 Å². The molecular weight excluding hydrogens is 323 g/mol. The molecule has 2 aromatic rings. The third-order valence-corrected chi connectivity index (χ3v) is 3.44. The van der Waals surface area contributed by atoms with E-state index in [1.807, 2.05) is 24.3 Å². The summed E-state index contributed by atoms with van der Waals surface area (Å²) in [6.45, 7) is 0. The maximum atomic E-state index is 11.8. The van der Waals surface area contributed by atoms with Gasteiger partial charge in [0.05, 0.1) is 22.8 Å². The highest BCUT2D eigenvalue weighted by Gasteiger charge is 2.07. The van der Waals surface area contributed by atoms with Gasteiger partial charge in [-0.25, -0.2) is 4.79 Å². The van der Waals surface area contributed by atoms with E-state index >= 15 is 0 Å². The molecule has 2 rings (SSSR count). The van der Waals surface area contributed by atoms with Crippen molar-refractivity contribution < 1.29 is 9.53 Å². The van der Waals surface area contributed by atoms with Crippen molar-refractivity contribution in [2.45, 2.75) is 0 Å². The van der Waals surface area contributed by atoms with E-state index in [1.54, 1.807) is 31.4 Å². The number of benzene rings is 2. The summed E-state index contributed by atoms with van der Waals surface area (Å²) in [6.07, 6.45) is 3.29. The zero-order valence-corrected chi connectivity index (χ0v) is 13.3. The average molecular weight is 337 g/mol. The first kappa shape index (κ1) is 16.2. The topological polar surface area (TPSA) is 50.4 Å². The second kappa shape index (κ2) is 7.73. The summed E-state index contributed by atoms with van der Waals surface area (Å²) in [4.78, 5) is 11.8. The molecule has 0 aliphatic carbocycles. The van der Waals surface area contributed by atoms with E-state index in [1.165, 1.54) is 6.20 Å². The molecule has 0 saturated heterocycles. The number of ether oxygens (including phenoxy) is 1. The Labute approximate surface area is 138 Å². The van der Waals surface area contributed by atoms with Crippen LogP contribution in [0, 0.1) is 0 Å². The Kier molecular flexibility index (Phi) is 5.69. The fraction of sp³-hybridized carbons (Fsp3) is 0.0625. The molecule has 0 bridgehead atoms. The van der Waals surface area contributed by atoms with Crippen molar-refractivity contribution in [2.75, 3.05) is 12.4 Å². The molecule has 114 valence electrons. The van der Waals surface area contributed by atoms with Gasteiger partial charge in [-0.2, -0.15) is 0 Å². The largest absolute Gasteiger partial charge is 0.497 e. The molecule has 0 radical (unpaired) electrons. The molecule has 0 heterocycles. The van der Waals surface area contributed by atoms with Gasteiger partial charge < -0.3 is 15.4 Å². The van der Waals surface area contributed by atoms with Crippen molar-refractivity contribution in [1.82, 2.24) is 5.32 Å². The lowest BCUT2D eigenvalue weighted by atomic mass is 10.2. The van der Waals surface area contributed by atoms with Crippen LogP contribution in [0.25, 0.3) is 6.08 Å². The van der Waals surface area contributed by atoms with Crippen molar-refractivity contribution in [1.29, 1.82) is 0 Å². The first-order chi connectivity index (χ1) is 10.6. The Morgan fingerprint density at radius 1 is 1.09 bits per heavy atom. The minimum atomic E-state index is -0.431. The Morgan fingerprint density at radius 2 is 1.73 bits per heavy atom. The molecule has 22 heavy (non-hydrogen) atoms. The lowest BCUT2D eigenvalue weighted by Crippen LogP contribution is -2.24. The molecular formula is C16H14Cl2N2O2. The van der Waals surface area contributed by atoms with Crippen LogP contribution in [0.1, 0.15) is 5.56 Å². The zero-order chi connectivity index (χ0) is 15.9. The van der Waals surface area contributed by atoms with Crippen LogP contribution in [0.15, 0.2) is 48.7 Å². The standard InChI is InChI=1S/C16H14Cl2N2O2/c1-22-12-7-5-11(6-8-12)9-10-19-16(21)20-15-13(17)3-2-4-14(15)18/h2-10H,1H3,(H2,19,20,21)/b10-9+. The lowest BCUT2D eigenvalue weighted by Gasteiger charge is -2.08. The van der Waals surface area contributed by atoms with Crippen LogP contribution in [0.4, 0.5) is 10.5 Å². The van der Waals surface area contributed by atoms with Gasteiger partial charge in [-0.05, 0) is 35.9 Å². The van der Waals surface area contributed by atoms with Crippen LogP contribution in [-0.4, -0.2) is 13.1 Å². The quantitative estimate of drug-likeness (QED) is 0.842. The molecule has 0 aliphatic rings. The van der Waals surface area contributed by atoms with Crippen molar-refractivity contribution in [3.8, 4) is 5.75 Å². The Hall–Kier alpha value is -2.17. The summed E-state index contributed by atoms with van der Waals surface area (Å²) in [6, 6.07) is 12.0. The third kappa shape index (κ3) is 4.41. The molecule has 0 aromatic heterocycles. The van der Waals surface area contributed by atoms with E-state index in [4.69, 9.17) is 27.9 Å². The van der Waals surface area contributed by atoms with Gasteiger partial charge in [-0.3, -0.25) is 0 Å². The van der Waals surface area contributed by atoms with Gasteiger partial charge >= 0.3 is 6.03 Å². The molecule has 6 heteroatoms. The first-order valence-corrected chi connectivity index (χ1v) is 7.18. The minimum absolute atomic E-state index is 0.376. The van der Waals surface area contributed by atoms with Gasteiger partial charge in [0.25, 0.3) is 0 Å². The summed E-state index contributed by atoms with van der Waals surface area (Å²) < 4.78 is 5.07. The Balaban J connectivity index is 1.93. The smallest absolute Gasteiger partial charge is 0.323 e. The number of hydrogen-bond donors (Lipinski definition) is 2. The third-order valence-electron chi connectivity index (χ3n) is 2.81. The number of nitrogens with one attached hydrogen (secondary N) is 2. The first-order valence-electron chi connectivity index (χ1n) is 6.42. The van der Waals surface area contributed by atoms with Crippen LogP contribution in [0.3, 0.4) is 0 Å². The molecule has 0 atom stereocenters. The molecule has 0 saturated carbocycles. The van der Waals surface area contributed by atoms with E-state index in [9.17, 15) is 4.79 Å². The molecule has 0 fully saturated rings. The molecule has 4 nitrogen and oxygen atoms in total. The van der Waals surface area contributed by atoms with Crippen LogP contribution < -0.4 is 15.4 Å². The maximum Gasteiger partial charge on any atom is 0.323 e. The monoisotopic (exact) mass is 336 g/mol. The second-order valence-electron chi connectivity index (χ2n) is 4.30. The number of halogens is 2. The predicted molar refractivity (Wildman–Crippen MR) is 90.6 cm³/mol. The van der Waals surface area contributed by atoms with Crippen molar-refractivity contribution in [3.05, 3.63) is 64.3 Å². The van der Waals surface area contributed by atoms with E-state index in [0.29, 0.717) is 15.7 Å². The summed E-state index contributed by atoms with van der Waals surface area (Å²) in [7, 11) is 1.61. The molecule has 2 aromatic carbocycles. The highest BCUT2D eigenvalue weighted by molar-refractivity contribution is 6.39. The molecule has 2 N–H and O–H groups in total. The molecule has 2 amide bonds. The normalized spacial score (nSPS) is 10.5. The average Bonchev–Trinajstić information content (AvgIpc) is 2.52. The number of rotatable bonds is 4. The fourth-order valence-corrected chi connectivity index (χ4v) is 2.19. The summed E-state index contributed by atoms with van der Waals surface area (Å²) in [5, 5.41) is 5.93. The molecule has 0 aliphatic heterocycles. The van der Waals surface area contributed by atoms with Gasteiger partial charge in [0.15, 0.2) is 0 Å². The number of amides is 2. The Bertz CT molecular complexity index is 665. The molecule has 0 spiro atoms. The lowest BCUT2D eigenvalue weighted by molar-refractivity contribution is 0.255. The predicted octanol–water partition coefficient (Wildman–Crippen LogP) is 4.79. The van der Waals surface area contributed by atoms with E-state index in [2.05, 4.69) is 10.6 Å². The van der Waals surface area contributed by atoms with Gasteiger partial charge in [-0.15, -0.1) is 0 Å². The number of para-hydroxylation sites is 1. The van der Waals surface area contributed by atoms with Crippen LogP contribution in [0.5, 0.6) is 5.75 Å². The number of methoxy groups -OCH3 is 1. The number of hydrogen-bond acceptors (Lipinski definition) is 2. The number of carbonyl (C=O) groups excluding carboxylic acids is 1. The van der Waals surface area contributed by atoms with Gasteiger partial charge in [-0.1, -0.05) is 41.4 Å². The number of carbonyl (C=O) groups is 1. The minimum Gasteiger partial charge on any atom is -0.497 e. The van der Waals surface area contributed by atoms with E-state index in [0.717, 1.165) is 11.3 Å². The van der Waals surface area contributed by atoms with Gasteiger partial charge in [0.1, 0.15) is 5.75 Å². The highest BCUT2D eigenvalue weighted by Crippen LogP contribution is 2.29. The van der Waals surface area contributed by atoms with Gasteiger partial charge in [0, 0.05) is 6.20 Å². The fourth-order valence-electron chi connectivity index (χ4n) is 1.70. The number of anilines is 1. The zero-order valence-electron chi connectivity index (χ0n) is 11.8. The van der Waals surface area contributed by atoms with Crippen LogP contribution in [0.2, 0.25) is 10.0 Å². The van der Waals surface area contributed by atoms with Crippen molar-refractivity contribution in [3.63, 3.8) is 0 Å². The van der Waals surface area contributed by atoms with E-state index in [-0.39, 0.29) is 0 Å². The SMILES string of the molecule is COc1ccc(/C=C/NC(=O)Nc2c(Cl)cccc2Cl)cc1. The van der Waals surface area contributed by atoms with Crippen LogP contribution in [-0.2, 0) is 0 Å². The summed E-state index contributed by atoms with van der Waals surface area (Å²) in [5.41, 5.74) is 1.30. The second-order valence-corrected chi connectivity index (χ2v) is 5.12. The summed E-state index contributed by atoms with van der Waals surface area (Å²) in [5.74, 6) is 0.774. The molecule has 0 unspecified atom stereocenters. The highest BCUT2D eigenvalue weighted by atomic mass is 35.5. The Morgan fingerprint density at radius 3 is 2.32 bits per heavy atom. The number of urea groups is 1. The van der Waals surface area contributed by atoms with Gasteiger partial charge in [0.2, 0.25) is 0 Å². The van der Waals surface area contributed by atoms with E-state index < -0.39 is 6.03 Å². The maximum absolute atomic E-state index is 11.8.